The average molecular weight is 353 g/mol. The van der Waals surface area contributed by atoms with Gasteiger partial charge in [0, 0.05) is 50.8 Å². The predicted octanol–water partition coefficient (Wildman–Crippen LogP) is 2.24. The number of hydrogen-bond donors (Lipinski definition) is 0. The van der Waals surface area contributed by atoms with Crippen molar-refractivity contribution in [2.45, 2.75) is 13.1 Å². The van der Waals surface area contributed by atoms with Crippen LogP contribution in [0.1, 0.15) is 11.3 Å². The highest BCUT2D eigenvalue weighted by Gasteiger charge is 2.20. The molecule has 1 aromatic heterocycles. The fourth-order valence-electron chi connectivity index (χ4n) is 2.91. The van der Waals surface area contributed by atoms with E-state index in [9.17, 15) is 0 Å². The van der Waals surface area contributed by atoms with Gasteiger partial charge < -0.3 is 9.47 Å². The number of hydrogen-bond acceptors (Lipinski definition) is 7. The molecule has 0 saturated carbocycles. The molecule has 8 heteroatoms. The summed E-state index contributed by atoms with van der Waals surface area (Å²) in [6.45, 7) is 6.13. The summed E-state index contributed by atoms with van der Waals surface area (Å²) in [4.78, 5) is 4.83. The van der Waals surface area contributed by atoms with Gasteiger partial charge in [0.25, 0.3) is 0 Å². The van der Waals surface area contributed by atoms with Crippen molar-refractivity contribution in [2.75, 3.05) is 33.0 Å². The van der Waals surface area contributed by atoms with Crippen molar-refractivity contribution in [1.29, 1.82) is 0 Å². The topological polar surface area (TPSA) is 50.7 Å². The highest BCUT2D eigenvalue weighted by Crippen LogP contribution is 2.32. The fraction of sp³-hybridized carbons (Fsp3) is 0.467. The lowest BCUT2D eigenvalue weighted by Gasteiger charge is -2.34. The first-order chi connectivity index (χ1) is 11.3. The Bertz CT molecular complexity index is 688. The van der Waals surface area contributed by atoms with Crippen molar-refractivity contribution in [2.24, 2.45) is 0 Å². The molecule has 2 aliphatic heterocycles. The van der Waals surface area contributed by atoms with E-state index >= 15 is 0 Å². The zero-order valence-electron chi connectivity index (χ0n) is 12.6. The molecule has 1 fully saturated rings. The van der Waals surface area contributed by atoms with E-state index in [1.54, 1.807) is 0 Å². The molecule has 0 spiro atoms. The van der Waals surface area contributed by atoms with Gasteiger partial charge >= 0.3 is 0 Å². The molecule has 2 aliphatic rings. The zero-order chi connectivity index (χ0) is 15.6. The van der Waals surface area contributed by atoms with Gasteiger partial charge in [-0.05, 0) is 17.7 Å². The molecule has 0 aliphatic carbocycles. The van der Waals surface area contributed by atoms with Gasteiger partial charge in [-0.3, -0.25) is 9.80 Å². The number of benzene rings is 1. The van der Waals surface area contributed by atoms with Gasteiger partial charge in [-0.2, -0.15) is 0 Å². The second-order valence-electron chi connectivity index (χ2n) is 5.73. The molecule has 2 aromatic rings. The monoisotopic (exact) mass is 352 g/mol. The van der Waals surface area contributed by atoms with E-state index in [1.165, 1.54) is 17.1 Å². The van der Waals surface area contributed by atoms with Gasteiger partial charge in [-0.25, -0.2) is 0 Å². The van der Waals surface area contributed by atoms with E-state index < -0.39 is 0 Å². The molecule has 3 heterocycles. The highest BCUT2D eigenvalue weighted by atomic mass is 35.5. The van der Waals surface area contributed by atoms with Crippen molar-refractivity contribution >= 4 is 23.1 Å². The Morgan fingerprint density at radius 2 is 1.78 bits per heavy atom. The number of rotatable bonds is 4. The van der Waals surface area contributed by atoms with Gasteiger partial charge in [0.15, 0.2) is 11.5 Å². The summed E-state index contributed by atoms with van der Waals surface area (Å²) < 4.78 is 15.4. The molecule has 1 aromatic carbocycles. The van der Waals surface area contributed by atoms with Crippen LogP contribution >= 0.6 is 23.1 Å². The molecule has 0 N–H and O–H groups in total. The van der Waals surface area contributed by atoms with Crippen LogP contribution < -0.4 is 9.47 Å². The van der Waals surface area contributed by atoms with E-state index in [2.05, 4.69) is 31.5 Å². The van der Waals surface area contributed by atoms with E-state index in [4.69, 9.17) is 21.1 Å². The number of nitrogens with zero attached hydrogens (tertiary/aromatic N) is 4. The average Bonchev–Trinajstić information content (AvgIpc) is 3.18. The SMILES string of the molecule is Clc1snnc1CN1CCN(Cc2ccc3c(c2)OCO3)CC1. The Morgan fingerprint density at radius 1 is 1.04 bits per heavy atom. The molecule has 1 saturated heterocycles. The van der Waals surface area contributed by atoms with Crippen molar-refractivity contribution in [3.63, 3.8) is 0 Å². The minimum absolute atomic E-state index is 0.325. The van der Waals surface area contributed by atoms with Crippen LogP contribution in [0.5, 0.6) is 11.5 Å². The van der Waals surface area contributed by atoms with Crippen molar-refractivity contribution in [3.05, 3.63) is 33.8 Å². The van der Waals surface area contributed by atoms with E-state index in [1.807, 2.05) is 6.07 Å². The van der Waals surface area contributed by atoms with Gasteiger partial charge in [-0.1, -0.05) is 22.2 Å². The van der Waals surface area contributed by atoms with Crippen LogP contribution in [0.2, 0.25) is 4.34 Å². The molecule has 4 rings (SSSR count). The molecule has 0 atom stereocenters. The van der Waals surface area contributed by atoms with Crippen molar-refractivity contribution < 1.29 is 9.47 Å². The minimum atomic E-state index is 0.325. The van der Waals surface area contributed by atoms with Gasteiger partial charge in [-0.15, -0.1) is 5.10 Å². The second-order valence-corrected chi connectivity index (χ2v) is 7.09. The van der Waals surface area contributed by atoms with Crippen molar-refractivity contribution in [1.82, 2.24) is 19.4 Å². The number of halogens is 1. The number of aromatic nitrogens is 2. The van der Waals surface area contributed by atoms with Crippen LogP contribution in [-0.4, -0.2) is 52.4 Å². The normalized spacial score (nSPS) is 18.5. The first-order valence-electron chi connectivity index (χ1n) is 7.58. The quantitative estimate of drug-likeness (QED) is 0.841. The van der Waals surface area contributed by atoms with E-state index in [-0.39, 0.29) is 0 Å². The summed E-state index contributed by atoms with van der Waals surface area (Å²) in [7, 11) is 0. The Hall–Kier alpha value is -1.41. The highest BCUT2D eigenvalue weighted by molar-refractivity contribution is 7.10. The Morgan fingerprint density at radius 3 is 2.52 bits per heavy atom. The van der Waals surface area contributed by atoms with E-state index in [0.29, 0.717) is 11.1 Å². The first kappa shape index (κ1) is 15.1. The molecule has 6 nitrogen and oxygen atoms in total. The molecule has 0 unspecified atom stereocenters. The number of piperazine rings is 1. The summed E-state index contributed by atoms with van der Waals surface area (Å²) in [6.07, 6.45) is 0. The largest absolute Gasteiger partial charge is 0.454 e. The van der Waals surface area contributed by atoms with Crippen LogP contribution in [0.4, 0.5) is 0 Å². The minimum Gasteiger partial charge on any atom is -0.454 e. The lowest BCUT2D eigenvalue weighted by atomic mass is 10.1. The van der Waals surface area contributed by atoms with Gasteiger partial charge in [0.05, 0.1) is 0 Å². The third-order valence-corrected chi connectivity index (χ3v) is 5.18. The lowest BCUT2D eigenvalue weighted by molar-refractivity contribution is 0.121. The number of fused-ring (bicyclic) bond motifs is 1. The first-order valence-corrected chi connectivity index (χ1v) is 8.73. The summed E-state index contributed by atoms with van der Waals surface area (Å²) in [6, 6.07) is 6.18. The predicted molar refractivity (Wildman–Crippen MR) is 88.0 cm³/mol. The zero-order valence-corrected chi connectivity index (χ0v) is 14.1. The van der Waals surface area contributed by atoms with Crippen molar-refractivity contribution in [3.8, 4) is 11.5 Å². The molecule has 23 heavy (non-hydrogen) atoms. The maximum absolute atomic E-state index is 6.08. The smallest absolute Gasteiger partial charge is 0.231 e. The Balaban J connectivity index is 1.30. The summed E-state index contributed by atoms with van der Waals surface area (Å²) >= 11 is 7.33. The maximum atomic E-state index is 6.08. The van der Waals surface area contributed by atoms with Gasteiger partial charge in [0.1, 0.15) is 10.0 Å². The van der Waals surface area contributed by atoms with Crippen LogP contribution in [0.15, 0.2) is 18.2 Å². The molecule has 0 bridgehead atoms. The summed E-state index contributed by atoms with van der Waals surface area (Å²) in [5.41, 5.74) is 2.15. The lowest BCUT2D eigenvalue weighted by Crippen LogP contribution is -2.45. The third-order valence-electron chi connectivity index (χ3n) is 4.19. The molecule has 0 radical (unpaired) electrons. The Kier molecular flexibility index (Phi) is 4.35. The molecule has 0 amide bonds. The second kappa shape index (κ2) is 6.60. The molecular weight excluding hydrogens is 336 g/mol. The molecule has 122 valence electrons. The third kappa shape index (κ3) is 3.42. The standard InChI is InChI=1S/C15H17ClN4O2S/c16-15-12(17-18-23-15)9-20-5-3-19(4-6-20)8-11-1-2-13-14(7-11)22-10-21-13/h1-2,7H,3-6,8-10H2. The fourth-order valence-corrected chi connectivity index (χ4v) is 3.52. The number of ether oxygens (including phenoxy) is 2. The Labute approximate surface area is 143 Å². The van der Waals surface area contributed by atoms with E-state index in [0.717, 1.165) is 56.5 Å². The summed E-state index contributed by atoms with van der Waals surface area (Å²) in [5, 5.41) is 4.09. The van der Waals surface area contributed by atoms with Gasteiger partial charge in [0.2, 0.25) is 6.79 Å². The van der Waals surface area contributed by atoms with Crippen LogP contribution in [0.3, 0.4) is 0 Å². The summed E-state index contributed by atoms with van der Waals surface area (Å²) in [5.74, 6) is 1.69. The van der Waals surface area contributed by atoms with Crippen LogP contribution in [0.25, 0.3) is 0 Å². The molecular formula is C15H17ClN4O2S. The maximum Gasteiger partial charge on any atom is 0.231 e. The van der Waals surface area contributed by atoms with Crippen LogP contribution in [-0.2, 0) is 13.1 Å². The van der Waals surface area contributed by atoms with Crippen LogP contribution in [0, 0.1) is 0 Å².